The highest BCUT2D eigenvalue weighted by Crippen LogP contribution is 2.27. The molecule has 0 radical (unpaired) electrons. The number of nitrogens with one attached hydrogen (secondary N) is 1. The molecule has 20 heavy (non-hydrogen) atoms. The number of nitriles is 1. The molecule has 0 atom stereocenters. The van der Waals surface area contributed by atoms with Gasteiger partial charge in [0.05, 0.1) is 17.7 Å². The molecule has 0 bridgehead atoms. The molecular formula is C14H10ClN3O2. The number of hydrogen-bond acceptors (Lipinski definition) is 4. The molecule has 0 aliphatic carbocycles. The van der Waals surface area contributed by atoms with E-state index in [1.165, 1.54) is 25.4 Å². The minimum absolute atomic E-state index is 0.258. The van der Waals surface area contributed by atoms with Crippen LogP contribution in [0.25, 0.3) is 0 Å². The Morgan fingerprint density at radius 1 is 1.40 bits per heavy atom. The summed E-state index contributed by atoms with van der Waals surface area (Å²) in [5.41, 5.74) is 1.16. The molecule has 0 saturated heterocycles. The summed E-state index contributed by atoms with van der Waals surface area (Å²) in [5.74, 6) is 0.202. The highest BCUT2D eigenvalue weighted by Gasteiger charge is 2.08. The van der Waals surface area contributed by atoms with E-state index in [0.29, 0.717) is 22.0 Å². The number of aromatic nitrogens is 1. The molecule has 6 heteroatoms. The minimum atomic E-state index is -0.330. The maximum Gasteiger partial charge on any atom is 0.257 e. The minimum Gasteiger partial charge on any atom is -0.495 e. The number of ether oxygens (including phenoxy) is 1. The summed E-state index contributed by atoms with van der Waals surface area (Å²) in [6, 6.07) is 9.84. The van der Waals surface area contributed by atoms with Gasteiger partial charge in [0.25, 0.3) is 5.91 Å². The van der Waals surface area contributed by atoms with E-state index in [4.69, 9.17) is 21.6 Å². The second kappa shape index (κ2) is 6.04. The first-order valence-electron chi connectivity index (χ1n) is 5.65. The largest absolute Gasteiger partial charge is 0.495 e. The van der Waals surface area contributed by atoms with E-state index in [1.54, 1.807) is 18.2 Å². The monoisotopic (exact) mass is 287 g/mol. The van der Waals surface area contributed by atoms with Crippen molar-refractivity contribution in [2.24, 2.45) is 0 Å². The standard InChI is InChI=1S/C14H10ClN3O2/c1-20-13-5-4-10(6-12(13)15)18-14(19)9-2-3-11(7-16)17-8-9/h2-6,8H,1H3,(H,18,19). The summed E-state index contributed by atoms with van der Waals surface area (Å²) in [6.07, 6.45) is 1.35. The van der Waals surface area contributed by atoms with Crippen LogP contribution in [0, 0.1) is 11.3 Å². The fourth-order valence-corrected chi connectivity index (χ4v) is 1.80. The van der Waals surface area contributed by atoms with Crippen LogP contribution in [0.1, 0.15) is 16.1 Å². The van der Waals surface area contributed by atoms with Crippen LogP contribution in [0.3, 0.4) is 0 Å². The number of anilines is 1. The molecule has 100 valence electrons. The van der Waals surface area contributed by atoms with Crippen molar-refractivity contribution >= 4 is 23.2 Å². The molecule has 0 saturated carbocycles. The third kappa shape index (κ3) is 3.05. The zero-order chi connectivity index (χ0) is 14.5. The van der Waals surface area contributed by atoms with Gasteiger partial charge in [0.1, 0.15) is 17.5 Å². The first-order valence-corrected chi connectivity index (χ1v) is 6.03. The van der Waals surface area contributed by atoms with Crippen molar-refractivity contribution in [3.8, 4) is 11.8 Å². The Hall–Kier alpha value is -2.58. The average molecular weight is 288 g/mol. The van der Waals surface area contributed by atoms with E-state index < -0.39 is 0 Å². The first-order chi connectivity index (χ1) is 9.63. The van der Waals surface area contributed by atoms with Gasteiger partial charge in [0.2, 0.25) is 0 Å². The average Bonchev–Trinajstić information content (AvgIpc) is 2.47. The van der Waals surface area contributed by atoms with E-state index in [0.717, 1.165) is 0 Å². The molecule has 0 unspecified atom stereocenters. The van der Waals surface area contributed by atoms with Gasteiger partial charge in [-0.15, -0.1) is 0 Å². The van der Waals surface area contributed by atoms with Crippen LogP contribution in [0.5, 0.6) is 5.75 Å². The Labute approximate surface area is 120 Å². The highest BCUT2D eigenvalue weighted by atomic mass is 35.5. The quantitative estimate of drug-likeness (QED) is 0.942. The third-order valence-electron chi connectivity index (χ3n) is 2.55. The molecule has 5 nitrogen and oxygen atoms in total. The third-order valence-corrected chi connectivity index (χ3v) is 2.85. The molecular weight excluding hydrogens is 278 g/mol. The van der Waals surface area contributed by atoms with Crippen LogP contribution in [-0.4, -0.2) is 18.0 Å². The number of hydrogen-bond donors (Lipinski definition) is 1. The predicted octanol–water partition coefficient (Wildman–Crippen LogP) is 2.87. The molecule has 1 heterocycles. The van der Waals surface area contributed by atoms with Crippen LogP contribution < -0.4 is 10.1 Å². The van der Waals surface area contributed by atoms with Gasteiger partial charge in [-0.05, 0) is 30.3 Å². The molecule has 0 spiro atoms. The second-order valence-corrected chi connectivity index (χ2v) is 4.25. The van der Waals surface area contributed by atoms with Gasteiger partial charge in [-0.25, -0.2) is 4.98 Å². The number of pyridine rings is 1. The van der Waals surface area contributed by atoms with Crippen molar-refractivity contribution < 1.29 is 9.53 Å². The SMILES string of the molecule is COc1ccc(NC(=O)c2ccc(C#N)nc2)cc1Cl. The van der Waals surface area contributed by atoms with E-state index in [-0.39, 0.29) is 11.6 Å². The number of nitrogens with zero attached hydrogens (tertiary/aromatic N) is 2. The van der Waals surface area contributed by atoms with E-state index >= 15 is 0 Å². The topological polar surface area (TPSA) is 75.0 Å². The Bertz CT molecular complexity index is 678. The predicted molar refractivity (Wildman–Crippen MR) is 74.9 cm³/mol. The second-order valence-electron chi connectivity index (χ2n) is 3.85. The number of rotatable bonds is 3. The molecule has 1 aromatic heterocycles. The number of carbonyl (C=O) groups excluding carboxylic acids is 1. The van der Waals surface area contributed by atoms with Gasteiger partial charge in [-0.2, -0.15) is 5.26 Å². The van der Waals surface area contributed by atoms with Crippen molar-refractivity contribution in [1.29, 1.82) is 5.26 Å². The summed E-state index contributed by atoms with van der Waals surface area (Å²) in [5, 5.41) is 11.7. The zero-order valence-corrected chi connectivity index (χ0v) is 11.3. The molecule has 1 N–H and O–H groups in total. The highest BCUT2D eigenvalue weighted by molar-refractivity contribution is 6.32. The summed E-state index contributed by atoms with van der Waals surface area (Å²) in [7, 11) is 1.52. The van der Waals surface area contributed by atoms with Crippen LogP contribution in [0.4, 0.5) is 5.69 Å². The molecule has 0 fully saturated rings. The number of benzene rings is 1. The molecule has 1 amide bonds. The summed E-state index contributed by atoms with van der Waals surface area (Å²) >= 11 is 5.97. The first kappa shape index (κ1) is 13.8. The normalized spacial score (nSPS) is 9.65. The van der Waals surface area contributed by atoms with Crippen LogP contribution >= 0.6 is 11.6 Å². The van der Waals surface area contributed by atoms with Gasteiger partial charge < -0.3 is 10.1 Å². The van der Waals surface area contributed by atoms with Gasteiger partial charge >= 0.3 is 0 Å². The van der Waals surface area contributed by atoms with Crippen molar-refractivity contribution in [1.82, 2.24) is 4.98 Å². The van der Waals surface area contributed by atoms with Crippen LogP contribution in [0.15, 0.2) is 36.5 Å². The Morgan fingerprint density at radius 3 is 2.75 bits per heavy atom. The molecule has 0 aliphatic heterocycles. The number of halogens is 1. The van der Waals surface area contributed by atoms with Crippen molar-refractivity contribution in [3.05, 3.63) is 52.8 Å². The Morgan fingerprint density at radius 2 is 2.20 bits per heavy atom. The maximum atomic E-state index is 12.0. The molecule has 2 rings (SSSR count). The molecule has 2 aromatic rings. The summed E-state index contributed by atoms with van der Waals surface area (Å²) in [4.78, 5) is 15.8. The zero-order valence-electron chi connectivity index (χ0n) is 10.6. The van der Waals surface area contributed by atoms with Crippen molar-refractivity contribution in [3.63, 3.8) is 0 Å². The van der Waals surface area contributed by atoms with E-state index in [2.05, 4.69) is 10.3 Å². The summed E-state index contributed by atoms with van der Waals surface area (Å²) < 4.78 is 5.03. The summed E-state index contributed by atoms with van der Waals surface area (Å²) in [6.45, 7) is 0. The van der Waals surface area contributed by atoms with E-state index in [9.17, 15) is 4.79 Å². The van der Waals surface area contributed by atoms with E-state index in [1.807, 2.05) is 6.07 Å². The fraction of sp³-hybridized carbons (Fsp3) is 0.0714. The lowest BCUT2D eigenvalue weighted by Crippen LogP contribution is -2.12. The van der Waals surface area contributed by atoms with Gasteiger partial charge in [0.15, 0.2) is 0 Å². The van der Waals surface area contributed by atoms with Crippen molar-refractivity contribution in [2.75, 3.05) is 12.4 Å². The lowest BCUT2D eigenvalue weighted by Gasteiger charge is -2.08. The van der Waals surface area contributed by atoms with Crippen LogP contribution in [0.2, 0.25) is 5.02 Å². The Balaban J connectivity index is 2.14. The lowest BCUT2D eigenvalue weighted by molar-refractivity contribution is 0.102. The fourth-order valence-electron chi connectivity index (χ4n) is 1.54. The lowest BCUT2D eigenvalue weighted by atomic mass is 10.2. The molecule has 0 aliphatic rings. The maximum absolute atomic E-state index is 12.0. The number of methoxy groups -OCH3 is 1. The Kier molecular flexibility index (Phi) is 4.18. The smallest absolute Gasteiger partial charge is 0.257 e. The van der Waals surface area contributed by atoms with Gasteiger partial charge in [0, 0.05) is 11.9 Å². The van der Waals surface area contributed by atoms with Crippen molar-refractivity contribution in [2.45, 2.75) is 0 Å². The number of carbonyl (C=O) groups is 1. The van der Waals surface area contributed by atoms with Gasteiger partial charge in [-0.1, -0.05) is 11.6 Å². The van der Waals surface area contributed by atoms with Crippen LogP contribution in [-0.2, 0) is 0 Å². The molecule has 1 aromatic carbocycles. The van der Waals surface area contributed by atoms with Gasteiger partial charge in [-0.3, -0.25) is 4.79 Å². The number of amides is 1.